The molecule has 1 N–H and O–H groups in total. The maximum absolute atomic E-state index is 11.3. The number of ether oxygens (including phenoxy) is 1. The van der Waals surface area contributed by atoms with Crippen molar-refractivity contribution in [1.29, 1.82) is 0 Å². The van der Waals surface area contributed by atoms with Crippen molar-refractivity contribution < 1.29 is 14.6 Å². The van der Waals surface area contributed by atoms with Gasteiger partial charge in [-0.25, -0.2) is 0 Å². The van der Waals surface area contributed by atoms with Crippen molar-refractivity contribution in [1.82, 2.24) is 4.90 Å². The summed E-state index contributed by atoms with van der Waals surface area (Å²) in [4.78, 5) is 13.4. The van der Waals surface area contributed by atoms with Crippen molar-refractivity contribution >= 4 is 5.97 Å². The number of aliphatic carboxylic acids is 1. The van der Waals surface area contributed by atoms with Crippen molar-refractivity contribution in [2.45, 2.75) is 39.5 Å². The minimum Gasteiger partial charge on any atom is -0.481 e. The van der Waals surface area contributed by atoms with E-state index in [0.717, 1.165) is 31.9 Å². The average molecular weight is 257 g/mol. The molecule has 1 fully saturated rings. The van der Waals surface area contributed by atoms with Crippen molar-refractivity contribution in [3.05, 3.63) is 0 Å². The zero-order chi connectivity index (χ0) is 13.6. The maximum atomic E-state index is 11.3. The van der Waals surface area contributed by atoms with Gasteiger partial charge in [-0.2, -0.15) is 0 Å². The van der Waals surface area contributed by atoms with Crippen LogP contribution in [0.2, 0.25) is 0 Å². The molecule has 0 radical (unpaired) electrons. The Kier molecular flexibility index (Phi) is 6.09. The number of hydrogen-bond acceptors (Lipinski definition) is 3. The van der Waals surface area contributed by atoms with Crippen LogP contribution >= 0.6 is 0 Å². The molecule has 1 unspecified atom stereocenters. The highest BCUT2D eigenvalue weighted by molar-refractivity contribution is 5.74. The Morgan fingerprint density at radius 3 is 2.67 bits per heavy atom. The van der Waals surface area contributed by atoms with Crippen LogP contribution in [0, 0.1) is 11.3 Å². The van der Waals surface area contributed by atoms with Crippen molar-refractivity contribution in [2.24, 2.45) is 11.3 Å². The molecule has 4 nitrogen and oxygen atoms in total. The molecular formula is C14H27NO3. The molecule has 0 amide bonds. The molecule has 0 aromatic heterocycles. The molecular weight excluding hydrogens is 230 g/mol. The average Bonchev–Trinajstić information content (AvgIpc) is 3.08. The van der Waals surface area contributed by atoms with Gasteiger partial charge in [-0.05, 0) is 39.2 Å². The van der Waals surface area contributed by atoms with Gasteiger partial charge in [0.05, 0.1) is 12.0 Å². The van der Waals surface area contributed by atoms with E-state index in [4.69, 9.17) is 4.74 Å². The summed E-state index contributed by atoms with van der Waals surface area (Å²) in [6, 6.07) is 0. The van der Waals surface area contributed by atoms with E-state index in [0.29, 0.717) is 13.2 Å². The minimum atomic E-state index is -0.699. The molecule has 4 heteroatoms. The van der Waals surface area contributed by atoms with E-state index in [1.165, 1.54) is 12.8 Å². The highest BCUT2D eigenvalue weighted by Gasteiger charge is 2.33. The number of rotatable bonds is 10. The summed E-state index contributed by atoms with van der Waals surface area (Å²) in [6.07, 6.45) is 4.23. The summed E-state index contributed by atoms with van der Waals surface area (Å²) in [5.74, 6) is 0.0924. The molecule has 0 saturated heterocycles. The summed E-state index contributed by atoms with van der Waals surface area (Å²) in [5.41, 5.74) is -0.639. The van der Waals surface area contributed by atoms with Gasteiger partial charge in [0.25, 0.3) is 0 Å². The zero-order valence-electron chi connectivity index (χ0n) is 11.9. The first-order valence-electron chi connectivity index (χ1n) is 6.97. The van der Waals surface area contributed by atoms with Gasteiger partial charge in [-0.15, -0.1) is 0 Å². The lowest BCUT2D eigenvalue weighted by Crippen LogP contribution is -2.40. The molecule has 0 bridgehead atoms. The van der Waals surface area contributed by atoms with Gasteiger partial charge < -0.3 is 14.7 Å². The predicted octanol–water partition coefficient (Wildman–Crippen LogP) is 2.24. The molecule has 1 atom stereocenters. The zero-order valence-corrected chi connectivity index (χ0v) is 11.9. The second-order valence-electron chi connectivity index (χ2n) is 5.87. The van der Waals surface area contributed by atoms with Crippen molar-refractivity contribution in [3.63, 3.8) is 0 Å². The Morgan fingerprint density at radius 2 is 2.17 bits per heavy atom. The SMILES string of the molecule is CCCC(C)(CN(C)CCOCC1CC1)C(=O)O. The molecule has 1 rings (SSSR count). The van der Waals surface area contributed by atoms with Gasteiger partial charge in [0, 0.05) is 19.7 Å². The molecule has 18 heavy (non-hydrogen) atoms. The van der Waals surface area contributed by atoms with Gasteiger partial charge >= 0.3 is 5.97 Å². The fraction of sp³-hybridized carbons (Fsp3) is 0.929. The molecule has 1 saturated carbocycles. The number of likely N-dealkylation sites (N-methyl/N-ethyl adjacent to an activating group) is 1. The van der Waals surface area contributed by atoms with Crippen molar-refractivity contribution in [2.75, 3.05) is 33.4 Å². The lowest BCUT2D eigenvalue weighted by atomic mass is 9.85. The first-order chi connectivity index (χ1) is 8.48. The fourth-order valence-electron chi connectivity index (χ4n) is 2.24. The van der Waals surface area contributed by atoms with Gasteiger partial charge in [0.15, 0.2) is 0 Å². The Hall–Kier alpha value is -0.610. The maximum Gasteiger partial charge on any atom is 0.310 e. The number of nitrogens with zero attached hydrogens (tertiary/aromatic N) is 1. The van der Waals surface area contributed by atoms with Gasteiger partial charge in [-0.1, -0.05) is 13.3 Å². The second-order valence-corrected chi connectivity index (χ2v) is 5.87. The van der Waals surface area contributed by atoms with Crippen LogP contribution in [0.4, 0.5) is 0 Å². The summed E-state index contributed by atoms with van der Waals surface area (Å²) < 4.78 is 5.57. The number of carboxylic acids is 1. The summed E-state index contributed by atoms with van der Waals surface area (Å²) >= 11 is 0. The second kappa shape index (κ2) is 7.10. The van der Waals surface area contributed by atoms with Crippen LogP contribution in [-0.2, 0) is 9.53 Å². The van der Waals surface area contributed by atoms with E-state index in [-0.39, 0.29) is 0 Å². The highest BCUT2D eigenvalue weighted by atomic mass is 16.5. The minimum absolute atomic E-state index is 0.586. The topological polar surface area (TPSA) is 49.8 Å². The smallest absolute Gasteiger partial charge is 0.310 e. The van der Waals surface area contributed by atoms with Crippen LogP contribution in [-0.4, -0.2) is 49.3 Å². The van der Waals surface area contributed by atoms with Gasteiger partial charge in [-0.3, -0.25) is 4.79 Å². The molecule has 1 aliphatic carbocycles. The summed E-state index contributed by atoms with van der Waals surface area (Å²) in [5, 5.41) is 9.31. The molecule has 0 spiro atoms. The Labute approximate surface area is 110 Å². The van der Waals surface area contributed by atoms with Gasteiger partial charge in [0.2, 0.25) is 0 Å². The van der Waals surface area contributed by atoms with E-state index < -0.39 is 11.4 Å². The molecule has 0 aromatic carbocycles. The van der Waals surface area contributed by atoms with Crippen LogP contribution in [0.1, 0.15) is 39.5 Å². The van der Waals surface area contributed by atoms with Crippen LogP contribution < -0.4 is 0 Å². The standard InChI is InChI=1S/C14H27NO3/c1-4-7-14(2,13(16)17)11-15(3)8-9-18-10-12-5-6-12/h12H,4-11H2,1-3H3,(H,16,17). The quantitative estimate of drug-likeness (QED) is 0.610. The monoisotopic (exact) mass is 257 g/mol. The van der Waals surface area contributed by atoms with Crippen LogP contribution in [0.5, 0.6) is 0 Å². The van der Waals surface area contributed by atoms with Crippen LogP contribution in [0.25, 0.3) is 0 Å². The Bertz CT molecular complexity index is 266. The lowest BCUT2D eigenvalue weighted by Gasteiger charge is -2.29. The molecule has 0 aliphatic heterocycles. The summed E-state index contributed by atoms with van der Waals surface area (Å²) in [6.45, 7) is 6.83. The Balaban J connectivity index is 2.21. The molecule has 0 heterocycles. The molecule has 1 aliphatic rings. The molecule has 0 aromatic rings. The fourth-order valence-corrected chi connectivity index (χ4v) is 2.24. The van der Waals surface area contributed by atoms with E-state index in [9.17, 15) is 9.90 Å². The van der Waals surface area contributed by atoms with E-state index >= 15 is 0 Å². The van der Waals surface area contributed by atoms with E-state index in [1.807, 2.05) is 20.9 Å². The number of carbonyl (C=O) groups is 1. The van der Waals surface area contributed by atoms with Gasteiger partial charge in [0.1, 0.15) is 0 Å². The van der Waals surface area contributed by atoms with E-state index in [1.54, 1.807) is 0 Å². The third kappa shape index (κ3) is 5.36. The third-order valence-electron chi connectivity index (χ3n) is 3.60. The first kappa shape index (κ1) is 15.4. The lowest BCUT2D eigenvalue weighted by molar-refractivity contribution is -0.149. The summed E-state index contributed by atoms with van der Waals surface area (Å²) in [7, 11) is 1.97. The first-order valence-corrected chi connectivity index (χ1v) is 6.97. The number of carboxylic acid groups (broad SMARTS) is 1. The predicted molar refractivity (Wildman–Crippen MR) is 71.7 cm³/mol. The highest BCUT2D eigenvalue weighted by Crippen LogP contribution is 2.28. The van der Waals surface area contributed by atoms with E-state index in [2.05, 4.69) is 4.90 Å². The van der Waals surface area contributed by atoms with Crippen molar-refractivity contribution in [3.8, 4) is 0 Å². The van der Waals surface area contributed by atoms with Crippen LogP contribution in [0.15, 0.2) is 0 Å². The number of hydrogen-bond donors (Lipinski definition) is 1. The molecule has 106 valence electrons. The Morgan fingerprint density at radius 1 is 1.50 bits per heavy atom. The largest absolute Gasteiger partial charge is 0.481 e. The third-order valence-corrected chi connectivity index (χ3v) is 3.60. The van der Waals surface area contributed by atoms with Crippen LogP contribution in [0.3, 0.4) is 0 Å². The normalized spacial score (nSPS) is 18.9.